The Balaban J connectivity index is 1.98. The lowest BCUT2D eigenvalue weighted by Gasteiger charge is -2.13. The fraction of sp³-hybridized carbons (Fsp3) is 0.0588. The van der Waals surface area contributed by atoms with Gasteiger partial charge in [0, 0.05) is 17.2 Å². The molecule has 0 fully saturated rings. The minimum absolute atomic E-state index is 0.0155. The Morgan fingerprint density at radius 3 is 2.35 bits per heavy atom. The van der Waals surface area contributed by atoms with Gasteiger partial charge in [0.05, 0.1) is 5.03 Å². The Hall–Kier alpha value is -2.19. The third kappa shape index (κ3) is 2.30. The molecule has 2 aromatic rings. The van der Waals surface area contributed by atoms with Gasteiger partial charge in [-0.1, -0.05) is 48.0 Å². The number of allylic oxidation sites excluding steroid dienone is 2. The zero-order valence-electron chi connectivity index (χ0n) is 10.6. The molecule has 2 nitrogen and oxygen atoms in total. The van der Waals surface area contributed by atoms with Crippen molar-refractivity contribution in [1.82, 2.24) is 0 Å². The summed E-state index contributed by atoms with van der Waals surface area (Å²) in [6.45, 7) is 0. The lowest BCUT2D eigenvalue weighted by atomic mass is 9.91. The highest BCUT2D eigenvalue weighted by Crippen LogP contribution is 2.25. The maximum atomic E-state index is 11.9. The van der Waals surface area contributed by atoms with Gasteiger partial charge >= 0.3 is 0 Å². The van der Waals surface area contributed by atoms with E-state index in [9.17, 15) is 9.59 Å². The van der Waals surface area contributed by atoms with Gasteiger partial charge in [-0.15, -0.1) is 0 Å². The summed E-state index contributed by atoms with van der Waals surface area (Å²) in [5, 5.41) is -0.0155. The van der Waals surface area contributed by atoms with Gasteiger partial charge in [0.2, 0.25) is 5.78 Å². The van der Waals surface area contributed by atoms with Crippen molar-refractivity contribution >= 4 is 23.2 Å². The van der Waals surface area contributed by atoms with Gasteiger partial charge in [0.1, 0.15) is 0 Å². The number of hydrogen-bond acceptors (Lipinski definition) is 2. The van der Waals surface area contributed by atoms with Crippen LogP contribution in [-0.2, 0) is 6.42 Å². The van der Waals surface area contributed by atoms with E-state index in [1.165, 1.54) is 6.08 Å². The minimum atomic E-state index is -0.285. The van der Waals surface area contributed by atoms with Crippen molar-refractivity contribution in [1.29, 1.82) is 0 Å². The van der Waals surface area contributed by atoms with Crippen LogP contribution in [0, 0.1) is 0 Å². The molecule has 20 heavy (non-hydrogen) atoms. The van der Waals surface area contributed by atoms with E-state index in [1.54, 1.807) is 12.1 Å². The summed E-state index contributed by atoms with van der Waals surface area (Å²) in [7, 11) is 0. The highest BCUT2D eigenvalue weighted by Gasteiger charge is 2.24. The first kappa shape index (κ1) is 12.8. The monoisotopic (exact) mass is 282 g/mol. The van der Waals surface area contributed by atoms with Crippen LogP contribution in [-0.4, -0.2) is 11.6 Å². The molecule has 0 heterocycles. The summed E-state index contributed by atoms with van der Waals surface area (Å²) < 4.78 is 0. The molecule has 0 aromatic heterocycles. The number of halogens is 1. The molecule has 0 spiro atoms. The van der Waals surface area contributed by atoms with Gasteiger partial charge < -0.3 is 0 Å². The maximum absolute atomic E-state index is 11.9. The van der Waals surface area contributed by atoms with E-state index in [0.717, 1.165) is 17.5 Å². The maximum Gasteiger partial charge on any atom is 0.205 e. The molecule has 0 amide bonds. The second-order valence-corrected chi connectivity index (χ2v) is 5.14. The van der Waals surface area contributed by atoms with E-state index in [2.05, 4.69) is 0 Å². The average molecular weight is 283 g/mol. The van der Waals surface area contributed by atoms with Crippen LogP contribution >= 0.6 is 11.6 Å². The lowest BCUT2D eigenvalue weighted by Crippen LogP contribution is -2.14. The number of rotatable bonds is 2. The van der Waals surface area contributed by atoms with Crippen LogP contribution in [0.5, 0.6) is 0 Å². The van der Waals surface area contributed by atoms with Gasteiger partial charge in [-0.2, -0.15) is 0 Å². The van der Waals surface area contributed by atoms with E-state index in [1.807, 2.05) is 36.4 Å². The first-order valence-electron chi connectivity index (χ1n) is 6.28. The predicted octanol–water partition coefficient (Wildman–Crippen LogP) is 3.78. The van der Waals surface area contributed by atoms with Gasteiger partial charge in [-0.05, 0) is 29.7 Å². The first-order valence-corrected chi connectivity index (χ1v) is 6.66. The largest absolute Gasteiger partial charge is 0.289 e. The standard InChI is InChI=1S/C17H11ClO2/c18-15-10-16(19)14-9-12(6-7-13(14)17(15)20)8-11-4-2-1-3-5-11/h1-7,9-10H,8H2. The number of carbonyl (C=O) groups is 2. The fourth-order valence-electron chi connectivity index (χ4n) is 2.32. The Morgan fingerprint density at radius 1 is 0.850 bits per heavy atom. The molecular weight excluding hydrogens is 272 g/mol. The molecule has 2 aromatic carbocycles. The summed E-state index contributed by atoms with van der Waals surface area (Å²) in [4.78, 5) is 23.8. The van der Waals surface area contributed by atoms with E-state index >= 15 is 0 Å². The summed E-state index contributed by atoms with van der Waals surface area (Å²) >= 11 is 5.75. The fourth-order valence-corrected chi connectivity index (χ4v) is 2.52. The second kappa shape index (κ2) is 5.06. The molecule has 0 unspecified atom stereocenters. The normalized spacial score (nSPS) is 13.9. The van der Waals surface area contributed by atoms with Crippen molar-refractivity contribution in [3.8, 4) is 0 Å². The molecule has 3 heteroatoms. The molecule has 3 rings (SSSR count). The summed E-state index contributed by atoms with van der Waals surface area (Å²) in [6, 6.07) is 15.3. The van der Waals surface area contributed by atoms with Crippen molar-refractivity contribution in [3.63, 3.8) is 0 Å². The Kier molecular flexibility index (Phi) is 3.25. The molecule has 0 N–H and O–H groups in total. The van der Waals surface area contributed by atoms with Gasteiger partial charge in [-0.25, -0.2) is 0 Å². The van der Waals surface area contributed by atoms with Crippen LogP contribution in [0.1, 0.15) is 31.8 Å². The minimum Gasteiger partial charge on any atom is -0.289 e. The van der Waals surface area contributed by atoms with Crippen molar-refractivity contribution < 1.29 is 9.59 Å². The Bertz CT molecular complexity index is 730. The molecule has 98 valence electrons. The molecule has 0 bridgehead atoms. The van der Waals surface area contributed by atoms with Crippen molar-refractivity contribution in [2.24, 2.45) is 0 Å². The third-order valence-corrected chi connectivity index (χ3v) is 3.60. The van der Waals surface area contributed by atoms with E-state index in [4.69, 9.17) is 11.6 Å². The Labute approximate surface area is 121 Å². The molecule has 1 aliphatic carbocycles. The predicted molar refractivity (Wildman–Crippen MR) is 78.3 cm³/mol. The number of ketones is 2. The van der Waals surface area contributed by atoms with Gasteiger partial charge in [0.25, 0.3) is 0 Å². The SMILES string of the molecule is O=C1C=C(Cl)C(=O)c2ccc(Cc3ccccc3)cc21. The van der Waals surface area contributed by atoms with Crippen LogP contribution in [0.3, 0.4) is 0 Å². The van der Waals surface area contributed by atoms with Crippen LogP contribution in [0.4, 0.5) is 0 Å². The summed E-state index contributed by atoms with van der Waals surface area (Å²) in [6.07, 6.45) is 1.92. The lowest BCUT2D eigenvalue weighted by molar-refractivity contribution is 0.0990. The van der Waals surface area contributed by atoms with Gasteiger partial charge in [0.15, 0.2) is 5.78 Å². The number of carbonyl (C=O) groups excluding carboxylic acids is 2. The number of fused-ring (bicyclic) bond motifs is 1. The molecule has 0 atom stereocenters. The zero-order valence-corrected chi connectivity index (χ0v) is 11.4. The zero-order chi connectivity index (χ0) is 14.1. The van der Waals surface area contributed by atoms with Crippen LogP contribution in [0.25, 0.3) is 0 Å². The highest BCUT2D eigenvalue weighted by atomic mass is 35.5. The average Bonchev–Trinajstić information content (AvgIpc) is 2.46. The van der Waals surface area contributed by atoms with Crippen LogP contribution in [0.15, 0.2) is 59.6 Å². The molecule has 0 saturated carbocycles. The van der Waals surface area contributed by atoms with Crippen molar-refractivity contribution in [2.75, 3.05) is 0 Å². The topological polar surface area (TPSA) is 34.1 Å². The smallest absolute Gasteiger partial charge is 0.205 e. The summed E-state index contributed by atoms with van der Waals surface area (Å²) in [5.74, 6) is -0.493. The highest BCUT2D eigenvalue weighted by molar-refractivity contribution is 6.49. The number of Topliss-reactive ketones (excluding diaryl/α,β-unsaturated/α-hetero) is 1. The Morgan fingerprint density at radius 2 is 1.60 bits per heavy atom. The number of hydrogen-bond donors (Lipinski definition) is 0. The van der Waals surface area contributed by atoms with Crippen LogP contribution < -0.4 is 0 Å². The van der Waals surface area contributed by atoms with Gasteiger partial charge in [-0.3, -0.25) is 9.59 Å². The molecule has 0 saturated heterocycles. The second-order valence-electron chi connectivity index (χ2n) is 4.73. The van der Waals surface area contributed by atoms with Crippen molar-refractivity contribution in [3.05, 3.63) is 81.9 Å². The third-order valence-electron chi connectivity index (χ3n) is 3.32. The van der Waals surface area contributed by atoms with E-state index in [0.29, 0.717) is 11.1 Å². The molecule has 0 aliphatic heterocycles. The van der Waals surface area contributed by atoms with Crippen LogP contribution in [0.2, 0.25) is 0 Å². The van der Waals surface area contributed by atoms with E-state index < -0.39 is 0 Å². The quantitative estimate of drug-likeness (QED) is 0.840. The molecule has 0 radical (unpaired) electrons. The molecule has 1 aliphatic rings. The number of benzene rings is 2. The summed E-state index contributed by atoms with van der Waals surface area (Å²) in [5.41, 5.74) is 2.99. The first-order chi connectivity index (χ1) is 9.65. The molecular formula is C17H11ClO2. The van der Waals surface area contributed by atoms with Crippen molar-refractivity contribution in [2.45, 2.75) is 6.42 Å². The van der Waals surface area contributed by atoms with E-state index in [-0.39, 0.29) is 16.6 Å².